The first-order chi connectivity index (χ1) is 12.9. The Morgan fingerprint density at radius 1 is 0.500 bits per heavy atom. The average molecular weight is 334 g/mol. The summed E-state index contributed by atoms with van der Waals surface area (Å²) in [4.78, 5) is 8.73. The van der Waals surface area contributed by atoms with Crippen LogP contribution in [-0.2, 0) is 0 Å². The second-order valence-corrected chi connectivity index (χ2v) is 6.00. The summed E-state index contributed by atoms with van der Waals surface area (Å²) in [5.74, 6) is 0. The van der Waals surface area contributed by atoms with Crippen molar-refractivity contribution in [1.82, 2.24) is 9.97 Å². The monoisotopic (exact) mass is 334 g/mol. The Morgan fingerprint density at radius 3 is 1.38 bits per heavy atom. The summed E-state index contributed by atoms with van der Waals surface area (Å²) in [6.07, 6.45) is 11.9. The van der Waals surface area contributed by atoms with Crippen molar-refractivity contribution in [3.05, 3.63) is 108 Å². The van der Waals surface area contributed by atoms with Gasteiger partial charge >= 0.3 is 0 Å². The summed E-state index contributed by atoms with van der Waals surface area (Å²) in [5.41, 5.74) is 4.20. The molecule has 0 spiro atoms. The van der Waals surface area contributed by atoms with Crippen LogP contribution in [0.1, 0.15) is 22.5 Å². The lowest BCUT2D eigenvalue weighted by molar-refractivity contribution is 1.30. The number of nitrogens with zero attached hydrogens (tertiary/aromatic N) is 2. The number of benzene rings is 2. The Labute approximate surface area is 153 Å². The van der Waals surface area contributed by atoms with Gasteiger partial charge in [0.15, 0.2) is 0 Å². The molecule has 0 aliphatic heterocycles. The molecule has 26 heavy (non-hydrogen) atoms. The van der Waals surface area contributed by atoms with E-state index in [2.05, 4.69) is 58.5 Å². The largest absolute Gasteiger partial charge is 0.257 e. The predicted octanol–water partition coefficient (Wildman–Crippen LogP) is 5.97. The topological polar surface area (TPSA) is 25.8 Å². The summed E-state index contributed by atoms with van der Waals surface area (Å²) >= 11 is 0. The van der Waals surface area contributed by atoms with Gasteiger partial charge in [-0.3, -0.25) is 9.97 Å². The maximum Gasteiger partial charge on any atom is 0.0629 e. The molecule has 124 valence electrons. The van der Waals surface area contributed by atoms with E-state index in [1.165, 1.54) is 10.8 Å². The number of fused-ring (bicyclic) bond motifs is 1. The fourth-order valence-corrected chi connectivity index (χ4v) is 2.86. The first kappa shape index (κ1) is 16.0. The standard InChI is InChI=1S/C24H18N2/c1-2-8-20-18-22(12-14-24-10-4-6-16-26-24)21(17-19(20)7-1)11-13-23-9-3-5-15-25-23/h1-18H. The molecule has 0 aliphatic rings. The van der Waals surface area contributed by atoms with Crippen molar-refractivity contribution >= 4 is 35.1 Å². The van der Waals surface area contributed by atoms with E-state index in [0.717, 1.165) is 22.5 Å². The highest BCUT2D eigenvalue weighted by molar-refractivity contribution is 5.91. The highest BCUT2D eigenvalue weighted by Crippen LogP contribution is 2.23. The molecule has 0 saturated heterocycles. The first-order valence-electron chi connectivity index (χ1n) is 8.59. The van der Waals surface area contributed by atoms with Crippen LogP contribution in [0.5, 0.6) is 0 Å². The highest BCUT2D eigenvalue weighted by Gasteiger charge is 2.01. The Bertz CT molecular complexity index is 977. The van der Waals surface area contributed by atoms with Crippen LogP contribution in [0.4, 0.5) is 0 Å². The molecule has 0 aliphatic carbocycles. The fraction of sp³-hybridized carbons (Fsp3) is 0. The molecule has 2 aromatic carbocycles. The van der Waals surface area contributed by atoms with Crippen LogP contribution in [0.3, 0.4) is 0 Å². The number of aromatic nitrogens is 2. The second kappa shape index (κ2) is 7.58. The summed E-state index contributed by atoms with van der Waals surface area (Å²) < 4.78 is 0. The summed E-state index contributed by atoms with van der Waals surface area (Å²) in [6, 6.07) is 24.7. The van der Waals surface area contributed by atoms with E-state index in [1.54, 1.807) is 0 Å². The molecule has 2 heteroatoms. The van der Waals surface area contributed by atoms with Crippen LogP contribution in [0.2, 0.25) is 0 Å². The van der Waals surface area contributed by atoms with Gasteiger partial charge in [-0.2, -0.15) is 0 Å². The first-order valence-corrected chi connectivity index (χ1v) is 8.59. The molecule has 4 aromatic rings. The molecule has 0 amide bonds. The molecule has 2 heterocycles. The second-order valence-electron chi connectivity index (χ2n) is 6.00. The molecular weight excluding hydrogens is 316 g/mol. The maximum atomic E-state index is 4.36. The van der Waals surface area contributed by atoms with Gasteiger partial charge in [-0.25, -0.2) is 0 Å². The summed E-state index contributed by atoms with van der Waals surface area (Å²) in [5, 5.41) is 2.45. The molecule has 0 N–H and O–H groups in total. The van der Waals surface area contributed by atoms with Gasteiger partial charge in [-0.05, 0) is 70.4 Å². The zero-order valence-electron chi connectivity index (χ0n) is 14.3. The third-order valence-electron chi connectivity index (χ3n) is 4.19. The van der Waals surface area contributed by atoms with Gasteiger partial charge in [0.1, 0.15) is 0 Å². The van der Waals surface area contributed by atoms with E-state index >= 15 is 0 Å². The molecule has 0 unspecified atom stereocenters. The maximum absolute atomic E-state index is 4.36. The SMILES string of the molecule is C(=Cc1cc2ccccc2cc1C=Cc1ccccn1)c1ccccn1. The van der Waals surface area contributed by atoms with Gasteiger partial charge in [-0.15, -0.1) is 0 Å². The number of hydrogen-bond donors (Lipinski definition) is 0. The van der Waals surface area contributed by atoms with E-state index in [0.29, 0.717) is 0 Å². The highest BCUT2D eigenvalue weighted by atomic mass is 14.7. The van der Waals surface area contributed by atoms with Gasteiger partial charge in [0.25, 0.3) is 0 Å². The molecule has 0 radical (unpaired) electrons. The summed E-state index contributed by atoms with van der Waals surface area (Å²) in [7, 11) is 0. The number of rotatable bonds is 4. The molecule has 0 saturated carbocycles. The van der Waals surface area contributed by atoms with Crippen molar-refractivity contribution in [2.75, 3.05) is 0 Å². The van der Waals surface area contributed by atoms with Crippen molar-refractivity contribution in [3.8, 4) is 0 Å². The van der Waals surface area contributed by atoms with Gasteiger partial charge in [0.05, 0.1) is 11.4 Å². The van der Waals surface area contributed by atoms with Crippen molar-refractivity contribution < 1.29 is 0 Å². The smallest absolute Gasteiger partial charge is 0.0629 e. The predicted molar refractivity (Wildman–Crippen MR) is 110 cm³/mol. The molecule has 0 atom stereocenters. The van der Waals surface area contributed by atoms with Gasteiger partial charge < -0.3 is 0 Å². The van der Waals surface area contributed by atoms with Crippen molar-refractivity contribution in [1.29, 1.82) is 0 Å². The van der Waals surface area contributed by atoms with Crippen LogP contribution in [0.15, 0.2) is 85.2 Å². The van der Waals surface area contributed by atoms with E-state index in [1.807, 2.05) is 60.9 Å². The third-order valence-corrected chi connectivity index (χ3v) is 4.19. The quantitative estimate of drug-likeness (QED) is 0.459. The Morgan fingerprint density at radius 2 is 0.962 bits per heavy atom. The third kappa shape index (κ3) is 3.76. The Hall–Kier alpha value is -3.52. The normalized spacial score (nSPS) is 11.5. The van der Waals surface area contributed by atoms with Crippen molar-refractivity contribution in [2.24, 2.45) is 0 Å². The fourth-order valence-electron chi connectivity index (χ4n) is 2.86. The molecule has 0 bridgehead atoms. The lowest BCUT2D eigenvalue weighted by Crippen LogP contribution is -1.84. The van der Waals surface area contributed by atoms with Gasteiger partial charge in [0.2, 0.25) is 0 Å². The Kier molecular flexibility index (Phi) is 4.66. The molecule has 2 nitrogen and oxygen atoms in total. The summed E-state index contributed by atoms with van der Waals surface area (Å²) in [6.45, 7) is 0. The zero-order chi connectivity index (χ0) is 17.6. The molecule has 0 fully saturated rings. The van der Waals surface area contributed by atoms with E-state index in [-0.39, 0.29) is 0 Å². The van der Waals surface area contributed by atoms with E-state index in [9.17, 15) is 0 Å². The van der Waals surface area contributed by atoms with Crippen LogP contribution in [0, 0.1) is 0 Å². The minimum absolute atomic E-state index is 0.945. The lowest BCUT2D eigenvalue weighted by Gasteiger charge is -2.06. The molecular formula is C24H18N2. The number of pyridine rings is 2. The van der Waals surface area contributed by atoms with Crippen LogP contribution >= 0.6 is 0 Å². The van der Waals surface area contributed by atoms with E-state index in [4.69, 9.17) is 0 Å². The van der Waals surface area contributed by atoms with Gasteiger partial charge in [-0.1, -0.05) is 48.6 Å². The van der Waals surface area contributed by atoms with Crippen LogP contribution in [-0.4, -0.2) is 9.97 Å². The number of hydrogen-bond acceptors (Lipinski definition) is 2. The van der Waals surface area contributed by atoms with Gasteiger partial charge in [0, 0.05) is 12.4 Å². The van der Waals surface area contributed by atoms with Crippen molar-refractivity contribution in [3.63, 3.8) is 0 Å². The van der Waals surface area contributed by atoms with E-state index < -0.39 is 0 Å². The Balaban J connectivity index is 1.76. The molecule has 4 rings (SSSR count). The minimum atomic E-state index is 0.945. The average Bonchev–Trinajstić information content (AvgIpc) is 2.72. The minimum Gasteiger partial charge on any atom is -0.257 e. The van der Waals surface area contributed by atoms with Crippen molar-refractivity contribution in [2.45, 2.75) is 0 Å². The molecule has 2 aromatic heterocycles. The zero-order valence-corrected chi connectivity index (χ0v) is 14.3. The van der Waals surface area contributed by atoms with Crippen LogP contribution < -0.4 is 0 Å². The van der Waals surface area contributed by atoms with Crippen LogP contribution in [0.25, 0.3) is 35.1 Å². The lowest BCUT2D eigenvalue weighted by atomic mass is 9.99.